The van der Waals surface area contributed by atoms with E-state index in [1.165, 1.54) is 15.7 Å². The SMILES string of the molecule is COc1ccccc1-c1csc2nc(C=Cc3cccnc3)c(Cl)c(=O)n12. The predicted octanol–water partition coefficient (Wildman–Crippen LogP) is 4.65. The number of ether oxygens (including phenoxy) is 1. The van der Waals surface area contributed by atoms with E-state index >= 15 is 0 Å². The topological polar surface area (TPSA) is 56.5 Å². The van der Waals surface area contributed by atoms with Crippen LogP contribution in [0, 0.1) is 0 Å². The van der Waals surface area contributed by atoms with Gasteiger partial charge in [-0.2, -0.15) is 0 Å². The summed E-state index contributed by atoms with van der Waals surface area (Å²) >= 11 is 7.72. The average molecular weight is 396 g/mol. The third-order valence-electron chi connectivity index (χ3n) is 4.04. The lowest BCUT2D eigenvalue weighted by atomic mass is 10.1. The number of aromatic nitrogens is 3. The average Bonchev–Trinajstić information content (AvgIpc) is 3.14. The Morgan fingerprint density at radius 2 is 2.04 bits per heavy atom. The van der Waals surface area contributed by atoms with Crippen molar-refractivity contribution in [2.45, 2.75) is 0 Å². The summed E-state index contributed by atoms with van der Waals surface area (Å²) in [6.45, 7) is 0. The van der Waals surface area contributed by atoms with Gasteiger partial charge in [-0.3, -0.25) is 9.78 Å². The van der Waals surface area contributed by atoms with Crippen LogP contribution in [0.1, 0.15) is 11.3 Å². The summed E-state index contributed by atoms with van der Waals surface area (Å²) in [4.78, 5) is 22.1. The van der Waals surface area contributed by atoms with E-state index in [9.17, 15) is 4.79 Å². The predicted molar refractivity (Wildman–Crippen MR) is 110 cm³/mol. The van der Waals surface area contributed by atoms with Gasteiger partial charge in [-0.15, -0.1) is 11.3 Å². The zero-order valence-corrected chi connectivity index (χ0v) is 15.9. The molecule has 7 heteroatoms. The molecule has 0 saturated carbocycles. The van der Waals surface area contributed by atoms with E-state index in [4.69, 9.17) is 16.3 Å². The highest BCUT2D eigenvalue weighted by Gasteiger charge is 2.16. The van der Waals surface area contributed by atoms with Gasteiger partial charge >= 0.3 is 0 Å². The number of hydrogen-bond acceptors (Lipinski definition) is 5. The second kappa shape index (κ2) is 7.34. The first kappa shape index (κ1) is 17.5. The van der Waals surface area contributed by atoms with E-state index in [2.05, 4.69) is 9.97 Å². The van der Waals surface area contributed by atoms with Gasteiger partial charge in [0.25, 0.3) is 5.56 Å². The molecule has 1 aromatic carbocycles. The van der Waals surface area contributed by atoms with Crippen LogP contribution in [0.3, 0.4) is 0 Å². The lowest BCUT2D eigenvalue weighted by Gasteiger charge is -2.08. The van der Waals surface area contributed by atoms with Crippen LogP contribution in [0.25, 0.3) is 28.4 Å². The zero-order valence-electron chi connectivity index (χ0n) is 14.3. The Morgan fingerprint density at radius 1 is 1.19 bits per heavy atom. The zero-order chi connectivity index (χ0) is 18.8. The van der Waals surface area contributed by atoms with Crippen molar-refractivity contribution < 1.29 is 4.74 Å². The van der Waals surface area contributed by atoms with Crippen molar-refractivity contribution >= 4 is 40.1 Å². The molecule has 5 nitrogen and oxygen atoms in total. The molecule has 0 bridgehead atoms. The first-order valence-electron chi connectivity index (χ1n) is 8.10. The van der Waals surface area contributed by atoms with E-state index in [0.29, 0.717) is 22.1 Å². The van der Waals surface area contributed by atoms with Crippen LogP contribution in [0.5, 0.6) is 5.75 Å². The second-order valence-electron chi connectivity index (χ2n) is 5.68. The monoisotopic (exact) mass is 395 g/mol. The number of fused-ring (bicyclic) bond motifs is 1. The Morgan fingerprint density at radius 3 is 2.81 bits per heavy atom. The van der Waals surface area contributed by atoms with Crippen LogP contribution in [-0.2, 0) is 0 Å². The van der Waals surface area contributed by atoms with Crippen LogP contribution < -0.4 is 10.3 Å². The standard InChI is InChI=1S/C20H14ClN3O2S/c1-26-17-7-3-2-6-14(17)16-12-27-20-23-15(18(21)19(25)24(16)20)9-8-13-5-4-10-22-11-13/h2-12H,1H3. The summed E-state index contributed by atoms with van der Waals surface area (Å²) in [6, 6.07) is 11.3. The van der Waals surface area contributed by atoms with Gasteiger partial charge in [-0.05, 0) is 29.8 Å². The number of thiazole rings is 1. The number of pyridine rings is 1. The smallest absolute Gasteiger partial charge is 0.278 e. The number of nitrogens with zero attached hydrogens (tertiary/aromatic N) is 3. The highest BCUT2D eigenvalue weighted by molar-refractivity contribution is 7.15. The molecule has 0 radical (unpaired) electrons. The Bertz CT molecular complexity index is 1200. The van der Waals surface area contributed by atoms with Crippen LogP contribution >= 0.6 is 22.9 Å². The fourth-order valence-electron chi connectivity index (χ4n) is 2.75. The molecule has 0 fully saturated rings. The molecule has 0 unspecified atom stereocenters. The van der Waals surface area contributed by atoms with Gasteiger partial charge in [0.2, 0.25) is 0 Å². The molecule has 0 aliphatic heterocycles. The minimum absolute atomic E-state index is 0.0715. The number of halogens is 1. The summed E-state index contributed by atoms with van der Waals surface area (Å²) in [5.74, 6) is 0.681. The van der Waals surface area contributed by atoms with Gasteiger partial charge in [0.15, 0.2) is 4.96 Å². The number of benzene rings is 1. The first-order valence-corrected chi connectivity index (χ1v) is 9.36. The maximum atomic E-state index is 12.9. The molecule has 0 aliphatic carbocycles. The largest absolute Gasteiger partial charge is 0.496 e. The number of hydrogen-bond donors (Lipinski definition) is 0. The Kier molecular flexibility index (Phi) is 4.75. The van der Waals surface area contributed by atoms with Crippen molar-refractivity contribution in [1.29, 1.82) is 0 Å². The molecule has 134 valence electrons. The molecule has 0 saturated heterocycles. The molecule has 3 aromatic heterocycles. The molecule has 0 amide bonds. The van der Waals surface area contributed by atoms with Gasteiger partial charge in [-0.25, -0.2) is 9.38 Å². The Labute approximate surface area is 164 Å². The van der Waals surface area contributed by atoms with Gasteiger partial charge in [0.05, 0.1) is 18.5 Å². The molecule has 27 heavy (non-hydrogen) atoms. The molecule has 3 heterocycles. The van der Waals surface area contributed by atoms with Crippen molar-refractivity contribution in [2.24, 2.45) is 0 Å². The number of methoxy groups -OCH3 is 1. The summed E-state index contributed by atoms with van der Waals surface area (Å²) in [6.07, 6.45) is 6.97. The lowest BCUT2D eigenvalue weighted by molar-refractivity contribution is 0.416. The third kappa shape index (κ3) is 3.25. The van der Waals surface area contributed by atoms with Gasteiger partial charge in [-0.1, -0.05) is 35.9 Å². The highest BCUT2D eigenvalue weighted by atomic mass is 35.5. The summed E-state index contributed by atoms with van der Waals surface area (Å²) in [5, 5.41) is 1.95. The van der Waals surface area contributed by atoms with E-state index in [1.54, 1.807) is 25.6 Å². The quantitative estimate of drug-likeness (QED) is 0.504. The van der Waals surface area contributed by atoms with E-state index in [0.717, 1.165) is 11.1 Å². The molecular weight excluding hydrogens is 382 g/mol. The molecule has 0 aliphatic rings. The maximum Gasteiger partial charge on any atom is 0.278 e. The van der Waals surface area contributed by atoms with Crippen molar-refractivity contribution in [3.8, 4) is 17.0 Å². The molecule has 0 N–H and O–H groups in total. The molecule has 4 aromatic rings. The fourth-order valence-corrected chi connectivity index (χ4v) is 3.83. The second-order valence-corrected chi connectivity index (χ2v) is 6.89. The van der Waals surface area contributed by atoms with Crippen molar-refractivity contribution in [2.75, 3.05) is 7.11 Å². The van der Waals surface area contributed by atoms with Crippen molar-refractivity contribution in [1.82, 2.24) is 14.4 Å². The summed E-state index contributed by atoms with van der Waals surface area (Å²) in [7, 11) is 1.60. The van der Waals surface area contributed by atoms with Crippen molar-refractivity contribution in [3.05, 3.63) is 80.8 Å². The van der Waals surface area contributed by atoms with Crippen molar-refractivity contribution in [3.63, 3.8) is 0 Å². The minimum atomic E-state index is -0.311. The van der Waals surface area contributed by atoms with Gasteiger partial charge in [0, 0.05) is 23.3 Å². The van der Waals surface area contributed by atoms with E-state index in [-0.39, 0.29) is 10.6 Å². The highest BCUT2D eigenvalue weighted by Crippen LogP contribution is 2.32. The molecular formula is C20H14ClN3O2S. The lowest BCUT2D eigenvalue weighted by Crippen LogP contribution is -2.16. The van der Waals surface area contributed by atoms with Crippen LogP contribution in [0.15, 0.2) is 59.0 Å². The van der Waals surface area contributed by atoms with Crippen LogP contribution in [-0.4, -0.2) is 21.5 Å². The van der Waals surface area contributed by atoms with E-state index in [1.807, 2.05) is 47.9 Å². The third-order valence-corrected chi connectivity index (χ3v) is 5.22. The molecule has 0 spiro atoms. The van der Waals surface area contributed by atoms with Gasteiger partial charge in [0.1, 0.15) is 10.8 Å². The van der Waals surface area contributed by atoms with E-state index < -0.39 is 0 Å². The Hall–Kier alpha value is -2.96. The van der Waals surface area contributed by atoms with Crippen LogP contribution in [0.4, 0.5) is 0 Å². The molecule has 0 atom stereocenters. The van der Waals surface area contributed by atoms with Crippen LogP contribution in [0.2, 0.25) is 5.02 Å². The molecule has 4 rings (SSSR count). The summed E-state index contributed by atoms with van der Waals surface area (Å²) < 4.78 is 6.94. The summed E-state index contributed by atoms with van der Waals surface area (Å²) in [5.41, 5.74) is 2.53. The minimum Gasteiger partial charge on any atom is -0.496 e. The normalized spacial score (nSPS) is 11.3. The van der Waals surface area contributed by atoms with Gasteiger partial charge < -0.3 is 4.74 Å². The first-order chi connectivity index (χ1) is 13.2. The fraction of sp³-hybridized carbons (Fsp3) is 0.0500. The number of para-hydroxylation sites is 1. The number of rotatable bonds is 4. The maximum absolute atomic E-state index is 12.9. The Balaban J connectivity index is 1.85.